The van der Waals surface area contributed by atoms with E-state index in [2.05, 4.69) is 13.8 Å². The number of carbonyl (C=O) groups excluding carboxylic acids is 3. The Morgan fingerprint density at radius 3 is 2.34 bits per heavy atom. The standard InChI is InChI=1S/C26H31NO5/c1-15-21(25(30)32-18-7-5-6-8-18)22(16-9-11-17(12-10-16)24(29)31-4)23-19(27-15)13-26(2,3)14-20(23)28/h9-12,18,21-22H,5-8,13-14H2,1-4H3/t21?,22-/m1/s1. The summed E-state index contributed by atoms with van der Waals surface area (Å²) in [4.78, 5) is 43.3. The fourth-order valence-corrected chi connectivity index (χ4v) is 5.30. The van der Waals surface area contributed by atoms with Crippen molar-refractivity contribution in [1.29, 1.82) is 0 Å². The number of allylic oxidation sites excluding steroid dienone is 2. The Kier molecular flexibility index (Phi) is 6.06. The van der Waals surface area contributed by atoms with Crippen molar-refractivity contribution in [1.82, 2.24) is 0 Å². The SMILES string of the molecule is COC(=O)c1ccc([C@H]2C3=C(CC(C)(C)CC3=O)N=C(C)C2C(=O)OC2CCCC2)cc1. The van der Waals surface area contributed by atoms with E-state index < -0.39 is 17.8 Å². The van der Waals surface area contributed by atoms with Gasteiger partial charge in [0.05, 0.1) is 12.7 Å². The average Bonchev–Trinajstić information content (AvgIpc) is 3.24. The Hall–Kier alpha value is -2.76. The summed E-state index contributed by atoms with van der Waals surface area (Å²) in [5, 5.41) is 0. The number of nitrogens with zero attached hydrogens (tertiary/aromatic N) is 1. The number of benzene rings is 1. The molecule has 0 radical (unpaired) electrons. The summed E-state index contributed by atoms with van der Waals surface area (Å²) >= 11 is 0. The lowest BCUT2D eigenvalue weighted by molar-refractivity contribution is -0.151. The van der Waals surface area contributed by atoms with Crippen LogP contribution in [0.3, 0.4) is 0 Å². The monoisotopic (exact) mass is 437 g/mol. The van der Waals surface area contributed by atoms with Crippen LogP contribution in [-0.4, -0.2) is 36.6 Å². The minimum absolute atomic E-state index is 0.0354. The maximum Gasteiger partial charge on any atom is 0.337 e. The zero-order valence-corrected chi connectivity index (χ0v) is 19.3. The maximum atomic E-state index is 13.4. The summed E-state index contributed by atoms with van der Waals surface area (Å²) in [7, 11) is 1.34. The van der Waals surface area contributed by atoms with Crippen molar-refractivity contribution in [2.75, 3.05) is 7.11 Å². The minimum atomic E-state index is -0.650. The van der Waals surface area contributed by atoms with Crippen molar-refractivity contribution in [2.24, 2.45) is 16.3 Å². The van der Waals surface area contributed by atoms with E-state index >= 15 is 0 Å². The molecular formula is C26H31NO5. The van der Waals surface area contributed by atoms with Gasteiger partial charge in [0, 0.05) is 29.3 Å². The summed E-state index contributed by atoms with van der Waals surface area (Å²) in [5.74, 6) is -1.82. The van der Waals surface area contributed by atoms with Gasteiger partial charge in [-0.3, -0.25) is 14.6 Å². The maximum absolute atomic E-state index is 13.4. The van der Waals surface area contributed by atoms with Gasteiger partial charge in [0.15, 0.2) is 5.78 Å². The predicted octanol–water partition coefficient (Wildman–Crippen LogP) is 4.78. The summed E-state index contributed by atoms with van der Waals surface area (Å²) in [6.45, 7) is 5.99. The fraction of sp³-hybridized carbons (Fsp3) is 0.538. The normalized spacial score (nSPS) is 25.2. The molecule has 0 saturated heterocycles. The molecule has 170 valence electrons. The number of hydrogen-bond donors (Lipinski definition) is 0. The molecule has 2 aliphatic carbocycles. The number of rotatable bonds is 4. The van der Waals surface area contributed by atoms with E-state index in [4.69, 9.17) is 14.5 Å². The van der Waals surface area contributed by atoms with Crippen LogP contribution in [0.15, 0.2) is 40.5 Å². The Morgan fingerprint density at radius 2 is 1.72 bits per heavy atom. The van der Waals surface area contributed by atoms with Gasteiger partial charge in [0.2, 0.25) is 0 Å². The Labute approximate surface area is 189 Å². The molecule has 1 aliphatic heterocycles. The molecule has 1 aromatic rings. The average molecular weight is 438 g/mol. The van der Waals surface area contributed by atoms with Crippen LogP contribution in [-0.2, 0) is 19.1 Å². The number of ketones is 1. The molecule has 1 fully saturated rings. The highest BCUT2D eigenvalue weighted by molar-refractivity contribution is 6.09. The first-order valence-corrected chi connectivity index (χ1v) is 11.4. The largest absolute Gasteiger partial charge is 0.465 e. The smallest absolute Gasteiger partial charge is 0.337 e. The van der Waals surface area contributed by atoms with Gasteiger partial charge in [0.25, 0.3) is 0 Å². The van der Waals surface area contributed by atoms with Crippen LogP contribution in [0.5, 0.6) is 0 Å². The van der Waals surface area contributed by atoms with Crippen LogP contribution >= 0.6 is 0 Å². The number of carbonyl (C=O) groups is 3. The fourth-order valence-electron chi connectivity index (χ4n) is 5.30. The third-order valence-electron chi connectivity index (χ3n) is 6.83. The zero-order valence-electron chi connectivity index (χ0n) is 19.3. The second-order valence-corrected chi connectivity index (χ2v) is 9.97. The molecule has 1 saturated carbocycles. The molecule has 0 spiro atoms. The number of esters is 2. The molecule has 0 bridgehead atoms. The van der Waals surface area contributed by atoms with E-state index in [-0.39, 0.29) is 23.3 Å². The molecule has 6 nitrogen and oxygen atoms in total. The third kappa shape index (κ3) is 4.27. The second-order valence-electron chi connectivity index (χ2n) is 9.97. The quantitative estimate of drug-likeness (QED) is 0.634. The van der Waals surface area contributed by atoms with Crippen molar-refractivity contribution in [3.63, 3.8) is 0 Å². The second kappa shape index (κ2) is 8.64. The number of Topliss-reactive ketones (excluding diaryl/α,β-unsaturated/α-hetero) is 1. The van der Waals surface area contributed by atoms with E-state index in [9.17, 15) is 14.4 Å². The lowest BCUT2D eigenvalue weighted by atomic mass is 9.67. The van der Waals surface area contributed by atoms with E-state index in [1.54, 1.807) is 12.1 Å². The van der Waals surface area contributed by atoms with Gasteiger partial charge in [-0.15, -0.1) is 0 Å². The molecule has 0 N–H and O–H groups in total. The first kappa shape index (κ1) is 22.4. The van der Waals surface area contributed by atoms with E-state index in [1.165, 1.54) is 7.11 Å². The Balaban J connectivity index is 1.76. The molecule has 0 aromatic heterocycles. The molecule has 1 aromatic carbocycles. The Bertz CT molecular complexity index is 996. The number of methoxy groups -OCH3 is 1. The third-order valence-corrected chi connectivity index (χ3v) is 6.83. The summed E-state index contributed by atoms with van der Waals surface area (Å²) in [5.41, 5.74) is 3.13. The lowest BCUT2D eigenvalue weighted by Crippen LogP contribution is -2.40. The van der Waals surface area contributed by atoms with Gasteiger partial charge >= 0.3 is 11.9 Å². The van der Waals surface area contributed by atoms with E-state index in [0.717, 1.165) is 36.9 Å². The summed E-state index contributed by atoms with van der Waals surface area (Å²) < 4.78 is 10.7. The van der Waals surface area contributed by atoms with Gasteiger partial charge in [-0.05, 0) is 62.1 Å². The highest BCUT2D eigenvalue weighted by atomic mass is 16.5. The van der Waals surface area contributed by atoms with E-state index in [1.807, 2.05) is 19.1 Å². The van der Waals surface area contributed by atoms with Gasteiger partial charge in [-0.1, -0.05) is 26.0 Å². The lowest BCUT2D eigenvalue weighted by Gasteiger charge is -2.39. The first-order valence-electron chi connectivity index (χ1n) is 11.4. The number of hydrogen-bond acceptors (Lipinski definition) is 6. The van der Waals surface area contributed by atoms with Crippen LogP contribution in [0.25, 0.3) is 0 Å². The van der Waals surface area contributed by atoms with E-state index in [0.29, 0.717) is 29.7 Å². The van der Waals surface area contributed by atoms with Crippen molar-refractivity contribution < 1.29 is 23.9 Å². The van der Waals surface area contributed by atoms with Crippen molar-refractivity contribution in [3.05, 3.63) is 46.7 Å². The van der Waals surface area contributed by atoms with Crippen molar-refractivity contribution in [3.8, 4) is 0 Å². The molecule has 32 heavy (non-hydrogen) atoms. The summed E-state index contributed by atoms with van der Waals surface area (Å²) in [6.07, 6.45) is 4.94. The summed E-state index contributed by atoms with van der Waals surface area (Å²) in [6, 6.07) is 6.98. The van der Waals surface area contributed by atoms with Gasteiger partial charge in [-0.25, -0.2) is 4.79 Å². The highest BCUT2D eigenvalue weighted by Crippen LogP contribution is 2.48. The first-order chi connectivity index (χ1) is 15.2. The molecule has 1 unspecified atom stereocenters. The molecule has 4 rings (SSSR count). The molecule has 3 aliphatic rings. The van der Waals surface area contributed by atoms with Gasteiger partial charge < -0.3 is 9.47 Å². The molecule has 1 heterocycles. The Morgan fingerprint density at radius 1 is 1.06 bits per heavy atom. The van der Waals surface area contributed by atoms with Gasteiger partial charge in [-0.2, -0.15) is 0 Å². The molecule has 6 heteroatoms. The van der Waals surface area contributed by atoms with Crippen molar-refractivity contribution >= 4 is 23.4 Å². The van der Waals surface area contributed by atoms with Crippen LogP contribution in [0, 0.1) is 11.3 Å². The topological polar surface area (TPSA) is 82.0 Å². The molecule has 2 atom stereocenters. The number of ether oxygens (including phenoxy) is 2. The highest BCUT2D eigenvalue weighted by Gasteiger charge is 2.46. The van der Waals surface area contributed by atoms with Crippen LogP contribution in [0.4, 0.5) is 0 Å². The van der Waals surface area contributed by atoms with Crippen LogP contribution in [0.1, 0.15) is 81.1 Å². The molecular weight excluding hydrogens is 406 g/mol. The minimum Gasteiger partial charge on any atom is -0.465 e. The van der Waals surface area contributed by atoms with Crippen molar-refractivity contribution in [2.45, 2.75) is 71.3 Å². The van der Waals surface area contributed by atoms with Gasteiger partial charge in [0.1, 0.15) is 12.0 Å². The van der Waals surface area contributed by atoms with Crippen LogP contribution in [0.2, 0.25) is 0 Å². The zero-order chi connectivity index (χ0) is 23.0. The van der Waals surface area contributed by atoms with Crippen LogP contribution < -0.4 is 0 Å². The number of aliphatic imine (C=N–C) groups is 1. The predicted molar refractivity (Wildman–Crippen MR) is 121 cm³/mol. The molecule has 0 amide bonds.